The maximum atomic E-state index is 2.37. The molecule has 0 aromatic heterocycles. The molecule has 0 saturated heterocycles. The molecular weight excluding hydrogens is 264 g/mol. The van der Waals surface area contributed by atoms with Gasteiger partial charge in [-0.3, -0.25) is 0 Å². The molecule has 20 heavy (non-hydrogen) atoms. The van der Waals surface area contributed by atoms with Gasteiger partial charge >= 0.3 is 0 Å². The van der Waals surface area contributed by atoms with Gasteiger partial charge in [0.1, 0.15) is 6.17 Å². The monoisotopic (exact) mass is 284 g/mol. The van der Waals surface area contributed by atoms with Gasteiger partial charge in [-0.1, -0.05) is 24.3 Å². The highest BCUT2D eigenvalue weighted by Crippen LogP contribution is 2.46. The van der Waals surface area contributed by atoms with E-state index in [4.69, 9.17) is 0 Å². The van der Waals surface area contributed by atoms with Crippen LogP contribution in [-0.2, 0) is 0 Å². The van der Waals surface area contributed by atoms with Crippen molar-refractivity contribution in [1.82, 2.24) is 0 Å². The highest BCUT2D eigenvalue weighted by atomic mass is 32.2. The lowest BCUT2D eigenvalue weighted by molar-refractivity contribution is 0.677. The lowest BCUT2D eigenvalue weighted by Crippen LogP contribution is -2.31. The number of hydrogen-bond donors (Lipinski definition) is 0. The van der Waals surface area contributed by atoms with Crippen molar-refractivity contribution in [2.45, 2.75) is 18.0 Å². The number of aryl methyl sites for hydroxylation is 1. The molecule has 2 aromatic rings. The third-order valence-corrected chi connectivity index (χ3v) is 4.93. The number of para-hydroxylation sites is 2. The predicted octanol–water partition coefficient (Wildman–Crippen LogP) is 4.30. The average molecular weight is 284 g/mol. The second-order valence-electron chi connectivity index (χ2n) is 5.28. The van der Waals surface area contributed by atoms with Gasteiger partial charge in [0.25, 0.3) is 0 Å². The Morgan fingerprint density at radius 1 is 0.900 bits per heavy atom. The van der Waals surface area contributed by atoms with E-state index in [1.54, 1.807) is 0 Å². The van der Waals surface area contributed by atoms with E-state index in [-0.39, 0.29) is 6.17 Å². The SMILES string of the molecule is CSc1cccc(C)c1C1N(C)c2ccccc2N1C. The minimum atomic E-state index is 0.274. The van der Waals surface area contributed by atoms with E-state index >= 15 is 0 Å². The van der Waals surface area contributed by atoms with E-state index in [0.29, 0.717) is 0 Å². The molecule has 0 bridgehead atoms. The Balaban J connectivity index is 2.14. The van der Waals surface area contributed by atoms with E-state index in [0.717, 1.165) is 0 Å². The largest absolute Gasteiger partial charge is 0.349 e. The van der Waals surface area contributed by atoms with Gasteiger partial charge in [-0.05, 0) is 36.9 Å². The lowest BCUT2D eigenvalue weighted by atomic mass is 10.1. The molecule has 1 aliphatic heterocycles. The summed E-state index contributed by atoms with van der Waals surface area (Å²) < 4.78 is 0. The Morgan fingerprint density at radius 3 is 2.05 bits per heavy atom. The van der Waals surface area contributed by atoms with Gasteiger partial charge in [0.15, 0.2) is 0 Å². The van der Waals surface area contributed by atoms with Crippen LogP contribution in [0, 0.1) is 6.92 Å². The molecule has 0 aliphatic carbocycles. The Kier molecular flexibility index (Phi) is 3.38. The molecule has 0 unspecified atom stereocenters. The van der Waals surface area contributed by atoms with Crippen LogP contribution in [0.15, 0.2) is 47.4 Å². The Hall–Kier alpha value is -1.61. The zero-order valence-electron chi connectivity index (χ0n) is 12.4. The van der Waals surface area contributed by atoms with Crippen molar-refractivity contribution in [2.75, 3.05) is 30.2 Å². The number of hydrogen-bond acceptors (Lipinski definition) is 3. The zero-order valence-corrected chi connectivity index (χ0v) is 13.2. The van der Waals surface area contributed by atoms with Gasteiger partial charge in [0.05, 0.1) is 11.4 Å². The minimum absolute atomic E-state index is 0.274. The Labute approximate surface area is 125 Å². The van der Waals surface area contributed by atoms with Crippen LogP contribution in [0.4, 0.5) is 11.4 Å². The summed E-state index contributed by atoms with van der Waals surface area (Å²) in [5.41, 5.74) is 5.38. The van der Waals surface area contributed by atoms with Crippen molar-refractivity contribution in [2.24, 2.45) is 0 Å². The molecule has 1 heterocycles. The number of fused-ring (bicyclic) bond motifs is 1. The van der Waals surface area contributed by atoms with Crippen LogP contribution in [-0.4, -0.2) is 20.4 Å². The summed E-state index contributed by atoms with van der Waals surface area (Å²) >= 11 is 1.83. The molecule has 104 valence electrons. The first-order valence-electron chi connectivity index (χ1n) is 6.83. The van der Waals surface area contributed by atoms with E-state index in [9.17, 15) is 0 Å². The van der Waals surface area contributed by atoms with E-state index in [1.807, 2.05) is 11.8 Å². The van der Waals surface area contributed by atoms with Gasteiger partial charge in [-0.2, -0.15) is 0 Å². The Morgan fingerprint density at radius 2 is 1.50 bits per heavy atom. The summed E-state index contributed by atoms with van der Waals surface area (Å²) in [6, 6.07) is 15.2. The third kappa shape index (κ3) is 1.88. The lowest BCUT2D eigenvalue weighted by Gasteiger charge is -2.31. The smallest absolute Gasteiger partial charge is 0.129 e. The second-order valence-corrected chi connectivity index (χ2v) is 6.12. The number of thioether (sulfide) groups is 1. The van der Waals surface area contributed by atoms with Gasteiger partial charge in [-0.15, -0.1) is 11.8 Å². The normalized spacial score (nSPS) is 14.8. The first-order chi connectivity index (χ1) is 9.65. The molecule has 0 radical (unpaired) electrons. The minimum Gasteiger partial charge on any atom is -0.349 e. The highest BCUT2D eigenvalue weighted by Gasteiger charge is 2.34. The molecule has 3 rings (SSSR count). The molecule has 0 spiro atoms. The number of rotatable bonds is 2. The molecule has 2 nitrogen and oxygen atoms in total. The van der Waals surface area contributed by atoms with Gasteiger partial charge in [0.2, 0.25) is 0 Å². The van der Waals surface area contributed by atoms with Gasteiger partial charge < -0.3 is 9.80 Å². The van der Waals surface area contributed by atoms with Crippen molar-refractivity contribution in [3.05, 3.63) is 53.6 Å². The van der Waals surface area contributed by atoms with Crippen LogP contribution < -0.4 is 9.80 Å². The predicted molar refractivity (Wildman–Crippen MR) is 88.9 cm³/mol. The van der Waals surface area contributed by atoms with Crippen LogP contribution in [0.3, 0.4) is 0 Å². The first-order valence-corrected chi connectivity index (χ1v) is 8.06. The quantitative estimate of drug-likeness (QED) is 0.759. The molecule has 0 N–H and O–H groups in total. The van der Waals surface area contributed by atoms with Gasteiger partial charge in [-0.25, -0.2) is 0 Å². The average Bonchev–Trinajstić information content (AvgIpc) is 2.72. The summed E-state index contributed by atoms with van der Waals surface area (Å²) in [7, 11) is 4.37. The van der Waals surface area contributed by atoms with Crippen LogP contribution in [0.5, 0.6) is 0 Å². The van der Waals surface area contributed by atoms with Crippen molar-refractivity contribution in [3.8, 4) is 0 Å². The summed E-state index contributed by atoms with van der Waals surface area (Å²) in [6.45, 7) is 2.21. The fourth-order valence-electron chi connectivity index (χ4n) is 3.13. The Bertz CT molecular complexity index is 610. The molecular formula is C17H20N2S. The molecule has 0 fully saturated rings. The third-order valence-electron chi connectivity index (χ3n) is 4.14. The summed E-state index contributed by atoms with van der Waals surface area (Å²) in [6.07, 6.45) is 2.43. The number of anilines is 2. The van der Waals surface area contributed by atoms with Crippen molar-refractivity contribution < 1.29 is 0 Å². The van der Waals surface area contributed by atoms with Crippen LogP contribution in [0.2, 0.25) is 0 Å². The molecule has 2 aromatic carbocycles. The maximum absolute atomic E-state index is 2.37. The van der Waals surface area contributed by atoms with Crippen molar-refractivity contribution in [1.29, 1.82) is 0 Å². The molecule has 1 aliphatic rings. The summed E-state index contributed by atoms with van der Waals surface area (Å²) in [5.74, 6) is 0. The fraction of sp³-hybridized carbons (Fsp3) is 0.294. The second kappa shape index (κ2) is 5.06. The summed E-state index contributed by atoms with van der Waals surface area (Å²) in [4.78, 5) is 6.11. The van der Waals surface area contributed by atoms with E-state index in [2.05, 4.69) is 79.5 Å². The number of benzene rings is 2. The van der Waals surface area contributed by atoms with Crippen LogP contribution in [0.1, 0.15) is 17.3 Å². The van der Waals surface area contributed by atoms with Crippen molar-refractivity contribution >= 4 is 23.1 Å². The fourth-order valence-corrected chi connectivity index (χ4v) is 3.83. The molecule has 0 amide bonds. The molecule has 0 saturated carbocycles. The first kappa shape index (κ1) is 13.4. The topological polar surface area (TPSA) is 6.48 Å². The van der Waals surface area contributed by atoms with Crippen molar-refractivity contribution in [3.63, 3.8) is 0 Å². The highest BCUT2D eigenvalue weighted by molar-refractivity contribution is 7.98. The van der Waals surface area contributed by atoms with E-state index < -0.39 is 0 Å². The summed E-state index contributed by atoms with van der Waals surface area (Å²) in [5, 5.41) is 0. The van der Waals surface area contributed by atoms with Gasteiger partial charge in [0, 0.05) is 24.6 Å². The molecule has 0 atom stereocenters. The van der Waals surface area contributed by atoms with Crippen LogP contribution in [0.25, 0.3) is 0 Å². The zero-order chi connectivity index (χ0) is 14.3. The maximum Gasteiger partial charge on any atom is 0.129 e. The standard InChI is InChI=1S/C17H20N2S/c1-12-8-7-11-15(20-4)16(12)17-18(2)13-9-5-6-10-14(13)19(17)3/h5-11,17H,1-4H3. The van der Waals surface area contributed by atoms with Crippen LogP contribution >= 0.6 is 11.8 Å². The van der Waals surface area contributed by atoms with E-state index in [1.165, 1.54) is 27.4 Å². The molecule has 3 heteroatoms. The number of nitrogens with zero attached hydrogens (tertiary/aromatic N) is 2.